The van der Waals surface area contributed by atoms with Gasteiger partial charge in [-0.2, -0.15) is 9.78 Å². The second kappa shape index (κ2) is 8.42. The number of hydrogen-bond acceptors (Lipinski definition) is 6. The maximum Gasteiger partial charge on any atom is 0.211 e. The fourth-order valence-corrected chi connectivity index (χ4v) is 2.98. The minimum atomic E-state index is 0.249. The van der Waals surface area contributed by atoms with Gasteiger partial charge in [0.05, 0.1) is 11.2 Å². The van der Waals surface area contributed by atoms with Crippen LogP contribution in [0.1, 0.15) is 18.4 Å². The maximum absolute atomic E-state index is 6.07. The standard InChI is InChI=1S/C16H14Cl2N4O2S/c1-2-25-16-21-19-10-22(16)20-8-12-4-5-13(24-12)9-23-15-6-3-11(17)7-14(15)18/h3-8,10H,2,9H2,1H3. The van der Waals surface area contributed by atoms with Crippen LogP contribution in [0.3, 0.4) is 0 Å². The van der Waals surface area contributed by atoms with E-state index in [0.29, 0.717) is 27.3 Å². The number of furan rings is 1. The van der Waals surface area contributed by atoms with Gasteiger partial charge >= 0.3 is 0 Å². The number of hydrogen-bond donors (Lipinski definition) is 0. The third-order valence-corrected chi connectivity index (χ3v) is 4.38. The highest BCUT2D eigenvalue weighted by Crippen LogP contribution is 2.28. The van der Waals surface area contributed by atoms with Gasteiger partial charge < -0.3 is 9.15 Å². The second-order valence-electron chi connectivity index (χ2n) is 4.80. The molecule has 130 valence electrons. The van der Waals surface area contributed by atoms with E-state index in [-0.39, 0.29) is 6.61 Å². The normalized spacial score (nSPS) is 11.3. The highest BCUT2D eigenvalue weighted by Gasteiger charge is 2.06. The highest BCUT2D eigenvalue weighted by atomic mass is 35.5. The van der Waals surface area contributed by atoms with Crippen LogP contribution in [0.4, 0.5) is 0 Å². The number of ether oxygens (including phenoxy) is 1. The van der Waals surface area contributed by atoms with Gasteiger partial charge in [-0.05, 0) is 36.1 Å². The molecule has 0 atom stereocenters. The van der Waals surface area contributed by atoms with Crippen LogP contribution in [0, 0.1) is 0 Å². The molecule has 0 unspecified atom stereocenters. The lowest BCUT2D eigenvalue weighted by Gasteiger charge is -2.06. The highest BCUT2D eigenvalue weighted by molar-refractivity contribution is 7.99. The molecule has 0 amide bonds. The zero-order chi connectivity index (χ0) is 17.6. The Hall–Kier alpha value is -1.96. The van der Waals surface area contributed by atoms with E-state index in [0.717, 1.165) is 10.9 Å². The number of aromatic nitrogens is 3. The lowest BCUT2D eigenvalue weighted by Crippen LogP contribution is -1.94. The Balaban J connectivity index is 1.62. The molecule has 0 saturated heterocycles. The molecule has 3 aromatic rings. The van der Waals surface area contributed by atoms with Crippen LogP contribution in [-0.2, 0) is 6.61 Å². The number of halogens is 2. The first-order chi connectivity index (χ1) is 12.2. The number of thioether (sulfide) groups is 1. The maximum atomic E-state index is 6.07. The second-order valence-corrected chi connectivity index (χ2v) is 6.88. The van der Waals surface area contributed by atoms with Crippen molar-refractivity contribution in [2.24, 2.45) is 5.10 Å². The fraction of sp³-hybridized carbons (Fsp3) is 0.188. The molecule has 6 nitrogen and oxygen atoms in total. The molecule has 0 aliphatic rings. The monoisotopic (exact) mass is 396 g/mol. The largest absolute Gasteiger partial charge is 0.484 e. The minimum absolute atomic E-state index is 0.249. The van der Waals surface area contributed by atoms with Gasteiger partial charge in [0.2, 0.25) is 5.16 Å². The zero-order valence-corrected chi connectivity index (χ0v) is 15.6. The molecule has 2 aromatic heterocycles. The first kappa shape index (κ1) is 17.8. The van der Waals surface area contributed by atoms with E-state index in [1.165, 1.54) is 0 Å². The van der Waals surface area contributed by atoms with Crippen LogP contribution in [0.15, 0.2) is 51.3 Å². The summed E-state index contributed by atoms with van der Waals surface area (Å²) in [5.74, 6) is 2.69. The van der Waals surface area contributed by atoms with Crippen LogP contribution < -0.4 is 4.74 Å². The summed E-state index contributed by atoms with van der Waals surface area (Å²) >= 11 is 13.5. The average molecular weight is 397 g/mol. The Morgan fingerprint density at radius 1 is 1.32 bits per heavy atom. The van der Waals surface area contributed by atoms with Crippen molar-refractivity contribution < 1.29 is 9.15 Å². The van der Waals surface area contributed by atoms with E-state index in [4.69, 9.17) is 32.4 Å². The Morgan fingerprint density at radius 3 is 3.00 bits per heavy atom. The minimum Gasteiger partial charge on any atom is -0.484 e. The van der Waals surface area contributed by atoms with Gasteiger partial charge in [0.1, 0.15) is 30.2 Å². The molecule has 0 saturated carbocycles. The predicted molar refractivity (Wildman–Crippen MR) is 98.9 cm³/mol. The molecule has 0 bridgehead atoms. The first-order valence-electron chi connectivity index (χ1n) is 7.39. The van der Waals surface area contributed by atoms with Gasteiger partial charge in [0.25, 0.3) is 0 Å². The summed E-state index contributed by atoms with van der Waals surface area (Å²) in [5.41, 5.74) is 0. The quantitative estimate of drug-likeness (QED) is 0.425. The van der Waals surface area contributed by atoms with Crippen molar-refractivity contribution in [3.8, 4) is 5.75 Å². The molecular formula is C16H14Cl2N4O2S. The summed E-state index contributed by atoms with van der Waals surface area (Å²) in [6.45, 7) is 2.29. The van der Waals surface area contributed by atoms with Crippen molar-refractivity contribution in [1.82, 2.24) is 14.9 Å². The lowest BCUT2D eigenvalue weighted by atomic mass is 10.3. The van der Waals surface area contributed by atoms with Crippen molar-refractivity contribution >= 4 is 41.2 Å². The van der Waals surface area contributed by atoms with Crippen molar-refractivity contribution in [2.45, 2.75) is 18.7 Å². The van der Waals surface area contributed by atoms with Crippen molar-refractivity contribution in [3.63, 3.8) is 0 Å². The van der Waals surface area contributed by atoms with Crippen LogP contribution >= 0.6 is 35.0 Å². The molecule has 3 rings (SSSR count). The van der Waals surface area contributed by atoms with Crippen molar-refractivity contribution in [3.05, 3.63) is 58.2 Å². The summed E-state index contributed by atoms with van der Waals surface area (Å²) in [7, 11) is 0. The van der Waals surface area contributed by atoms with E-state index in [9.17, 15) is 0 Å². The Bertz CT molecular complexity index is 879. The van der Waals surface area contributed by atoms with E-state index in [1.807, 2.05) is 19.1 Å². The summed E-state index contributed by atoms with van der Waals surface area (Å²) in [6, 6.07) is 8.69. The molecule has 0 fully saturated rings. The van der Waals surface area contributed by atoms with Gasteiger partial charge in [-0.15, -0.1) is 10.2 Å². The number of rotatable bonds is 7. The molecule has 2 heterocycles. The lowest BCUT2D eigenvalue weighted by molar-refractivity contribution is 0.270. The van der Waals surface area contributed by atoms with E-state index in [1.54, 1.807) is 47.2 Å². The summed E-state index contributed by atoms with van der Waals surface area (Å²) in [6.07, 6.45) is 3.14. The van der Waals surface area contributed by atoms with Gasteiger partial charge in [-0.25, -0.2) is 0 Å². The number of benzene rings is 1. The van der Waals surface area contributed by atoms with Gasteiger partial charge in [0, 0.05) is 5.02 Å². The first-order valence-corrected chi connectivity index (χ1v) is 9.13. The molecule has 0 N–H and O–H groups in total. The molecule has 1 aromatic carbocycles. The van der Waals surface area contributed by atoms with Crippen LogP contribution in [0.2, 0.25) is 10.0 Å². The van der Waals surface area contributed by atoms with Gasteiger partial charge in [0.15, 0.2) is 0 Å². The summed E-state index contributed by atoms with van der Waals surface area (Å²) in [5, 5.41) is 13.9. The van der Waals surface area contributed by atoms with Crippen LogP contribution in [0.5, 0.6) is 5.75 Å². The van der Waals surface area contributed by atoms with E-state index >= 15 is 0 Å². The molecular weight excluding hydrogens is 383 g/mol. The van der Waals surface area contributed by atoms with E-state index < -0.39 is 0 Å². The fourth-order valence-electron chi connectivity index (χ4n) is 1.92. The van der Waals surface area contributed by atoms with Gasteiger partial charge in [-0.1, -0.05) is 41.9 Å². The Labute approximate surface area is 158 Å². The Morgan fingerprint density at radius 2 is 2.20 bits per heavy atom. The van der Waals surface area contributed by atoms with Crippen LogP contribution in [0.25, 0.3) is 0 Å². The zero-order valence-electron chi connectivity index (χ0n) is 13.2. The molecule has 9 heteroatoms. The van der Waals surface area contributed by atoms with Crippen molar-refractivity contribution in [1.29, 1.82) is 0 Å². The third kappa shape index (κ3) is 4.78. The molecule has 0 aliphatic carbocycles. The van der Waals surface area contributed by atoms with Gasteiger partial charge in [-0.3, -0.25) is 0 Å². The molecule has 0 aliphatic heterocycles. The number of nitrogens with zero attached hydrogens (tertiary/aromatic N) is 4. The topological polar surface area (TPSA) is 65.4 Å². The SMILES string of the molecule is CCSc1nncn1N=Cc1ccc(COc2ccc(Cl)cc2Cl)o1. The summed E-state index contributed by atoms with van der Waals surface area (Å²) < 4.78 is 12.9. The third-order valence-electron chi connectivity index (χ3n) is 3.03. The van der Waals surface area contributed by atoms with Crippen molar-refractivity contribution in [2.75, 3.05) is 5.75 Å². The molecule has 25 heavy (non-hydrogen) atoms. The van der Waals surface area contributed by atoms with Crippen LogP contribution in [-0.4, -0.2) is 26.8 Å². The summed E-state index contributed by atoms with van der Waals surface area (Å²) in [4.78, 5) is 0. The predicted octanol–water partition coefficient (Wildman–Crippen LogP) is 4.75. The molecule has 0 radical (unpaired) electrons. The Kier molecular flexibility index (Phi) is 6.01. The molecule has 0 spiro atoms. The average Bonchev–Trinajstić information content (AvgIpc) is 3.22. The smallest absolute Gasteiger partial charge is 0.211 e. The van der Waals surface area contributed by atoms with E-state index in [2.05, 4.69) is 15.3 Å².